The summed E-state index contributed by atoms with van der Waals surface area (Å²) in [7, 11) is 0. The zero-order valence-electron chi connectivity index (χ0n) is 28.8. The van der Waals surface area contributed by atoms with Crippen LogP contribution >= 0.6 is 113 Å². The number of hydrogen-bond donors (Lipinski definition) is 12. The number of amides is 6. The predicted octanol–water partition coefficient (Wildman–Crippen LogP) is -1.96. The molecule has 1 aromatic rings. The summed E-state index contributed by atoms with van der Waals surface area (Å²) in [6, 6.07) is 0. The Kier molecular flexibility index (Phi) is 21.9. The van der Waals surface area contributed by atoms with Crippen molar-refractivity contribution in [2.45, 2.75) is 23.1 Å². The van der Waals surface area contributed by atoms with Gasteiger partial charge in [0, 0.05) is 45.6 Å². The van der Waals surface area contributed by atoms with Gasteiger partial charge in [-0.3, -0.25) is 28.8 Å². The van der Waals surface area contributed by atoms with Crippen LogP contribution in [-0.2, 0) is 19.2 Å². The van der Waals surface area contributed by atoms with Crippen LogP contribution in [0.2, 0.25) is 0 Å². The summed E-state index contributed by atoms with van der Waals surface area (Å²) in [5.41, 5.74) is 0.436. The van der Waals surface area contributed by atoms with Crippen LogP contribution < -0.4 is 26.6 Å². The molecule has 55 heavy (non-hydrogen) atoms. The number of nitrogens with zero attached hydrogens (tertiary/aromatic N) is 1. The number of rotatable bonds is 19. The van der Waals surface area contributed by atoms with E-state index < -0.39 is 90.5 Å². The number of carbonyl (C=O) groups excluding carboxylic acids is 6. The van der Waals surface area contributed by atoms with Gasteiger partial charge in [0.25, 0.3) is 17.7 Å². The van der Waals surface area contributed by atoms with Gasteiger partial charge < -0.3 is 67.2 Å². The van der Waals surface area contributed by atoms with E-state index >= 15 is 0 Å². The van der Waals surface area contributed by atoms with Crippen LogP contribution in [0, 0.1) is 16.6 Å². The van der Waals surface area contributed by atoms with Crippen LogP contribution in [0.4, 0.5) is 5.69 Å². The molecule has 0 saturated carbocycles. The lowest BCUT2D eigenvalue weighted by Crippen LogP contribution is -2.47. The van der Waals surface area contributed by atoms with E-state index in [0.29, 0.717) is 0 Å². The largest absolute Gasteiger partial charge is 0.395 e. The van der Waals surface area contributed by atoms with Crippen molar-refractivity contribution in [3.05, 3.63) is 42.3 Å². The highest BCUT2D eigenvalue weighted by atomic mass is 127. The minimum atomic E-state index is -1.27. The van der Waals surface area contributed by atoms with Gasteiger partial charge in [0.2, 0.25) is 17.7 Å². The van der Waals surface area contributed by atoms with E-state index in [1.807, 2.05) is 45.2 Å². The molecule has 6 amide bonds. The second-order valence-electron chi connectivity index (χ2n) is 11.5. The van der Waals surface area contributed by atoms with E-state index in [1.54, 1.807) is 74.7 Å². The lowest BCUT2D eigenvalue weighted by atomic mass is 9.87. The number of halogens is 5. The zero-order chi connectivity index (χ0) is 41.7. The molecule has 0 aliphatic heterocycles. The second-order valence-corrected chi connectivity index (χ2v) is 17.3. The maximum Gasteiger partial charge on any atom is 0.255 e. The summed E-state index contributed by atoms with van der Waals surface area (Å²) in [5, 5.41) is 79.3. The van der Waals surface area contributed by atoms with Crippen LogP contribution in [0.25, 0.3) is 0 Å². The van der Waals surface area contributed by atoms with Gasteiger partial charge in [-0.2, -0.15) is 0 Å². The molecule has 306 valence electrons. The Morgan fingerprint density at radius 1 is 0.727 bits per heavy atom. The molecule has 0 heterocycles. The smallest absolute Gasteiger partial charge is 0.255 e. The third-order valence-corrected chi connectivity index (χ3v) is 13.5. The maximum absolute atomic E-state index is 14.2. The summed E-state index contributed by atoms with van der Waals surface area (Å²) >= 11 is 9.14. The molecule has 1 aromatic carbocycles. The third kappa shape index (κ3) is 13.2. The fraction of sp³-hybridized carbons (Fsp3) is 0.484. The van der Waals surface area contributed by atoms with E-state index in [9.17, 15) is 59.4 Å². The molecule has 19 nitrogen and oxygen atoms in total. The first kappa shape index (κ1) is 50.0. The first-order valence-corrected chi connectivity index (χ1v) is 21.6. The van der Waals surface area contributed by atoms with E-state index in [1.165, 1.54) is 4.90 Å². The number of aliphatic hydroxyl groups excluding tert-OH is 7. The van der Waals surface area contributed by atoms with Crippen molar-refractivity contribution in [1.29, 1.82) is 0 Å². The molecule has 4 atom stereocenters. The standard InChI is InChI=1S/C31H39I5N6O13/c1-12-17(21(32)18(29(53)38-6-13(48)8-44)23(34)26(12)40-15(50)10-46)31(55)42(4-5-43)3-2-37-28(52)19-22(33)20(30(54)39-7-14(49)9-45)25(36)27(24(19)35)41-16(51)11-47/h13-14,18,23,43-49H,2-11H2,1H3,(H,37,52)(H,38,53)(H,39,54)(H,40,50)(H,41,51). The van der Waals surface area contributed by atoms with Crippen LogP contribution in [0.1, 0.15) is 27.6 Å². The topological polar surface area (TPSA) is 307 Å². The van der Waals surface area contributed by atoms with Crippen molar-refractivity contribution in [2.24, 2.45) is 5.92 Å². The highest BCUT2D eigenvalue weighted by Gasteiger charge is 2.41. The highest BCUT2D eigenvalue weighted by Crippen LogP contribution is 2.42. The monoisotopic (exact) mass is 1340 g/mol. The van der Waals surface area contributed by atoms with Crippen LogP contribution in [0.15, 0.2) is 20.4 Å². The number of alkyl halides is 1. The summed E-state index contributed by atoms with van der Waals surface area (Å²) in [6.45, 7) is -3.20. The van der Waals surface area contributed by atoms with Crippen molar-refractivity contribution in [3.8, 4) is 0 Å². The van der Waals surface area contributed by atoms with Gasteiger partial charge in [-0.1, -0.05) is 22.6 Å². The van der Waals surface area contributed by atoms with Gasteiger partial charge >= 0.3 is 0 Å². The van der Waals surface area contributed by atoms with E-state index in [0.717, 1.165) is 0 Å². The van der Waals surface area contributed by atoms with Gasteiger partial charge in [0.05, 0.1) is 71.4 Å². The molecule has 1 aliphatic rings. The second kappa shape index (κ2) is 24.1. The van der Waals surface area contributed by atoms with Gasteiger partial charge in [-0.25, -0.2) is 0 Å². The number of hydrogen-bond acceptors (Lipinski definition) is 13. The van der Waals surface area contributed by atoms with Gasteiger partial charge in [0.1, 0.15) is 13.2 Å². The molecule has 0 radical (unpaired) electrons. The fourth-order valence-corrected chi connectivity index (χ4v) is 12.6. The predicted molar refractivity (Wildman–Crippen MR) is 238 cm³/mol. The van der Waals surface area contributed by atoms with Gasteiger partial charge in [-0.05, 0) is 103 Å². The molecule has 0 fully saturated rings. The molecular weight excluding hydrogens is 1300 g/mol. The SMILES string of the molecule is CC1=C(NC(=O)CO)C(I)C(C(=O)NCC(O)CO)C(I)=C1C(=O)N(CCO)CCNC(=O)c1c(I)c(NC(=O)CO)c(I)c(C(=O)NCC(O)CO)c1I. The fourth-order valence-electron chi connectivity index (χ4n) is 4.93. The molecular formula is C31H39I5N6O13. The Morgan fingerprint density at radius 2 is 1.24 bits per heavy atom. The summed E-state index contributed by atoms with van der Waals surface area (Å²) in [4.78, 5) is 80.3. The Morgan fingerprint density at radius 3 is 1.75 bits per heavy atom. The van der Waals surface area contributed by atoms with Crippen LogP contribution in [-0.4, -0.2) is 158 Å². The van der Waals surface area contributed by atoms with Crippen molar-refractivity contribution in [3.63, 3.8) is 0 Å². The lowest BCUT2D eigenvalue weighted by Gasteiger charge is -2.34. The van der Waals surface area contributed by atoms with Crippen molar-refractivity contribution >= 4 is 154 Å². The maximum atomic E-state index is 14.2. The third-order valence-electron chi connectivity index (χ3n) is 7.71. The normalized spacial score (nSPS) is 16.6. The number of carbonyl (C=O) groups is 6. The molecule has 0 spiro atoms. The van der Waals surface area contributed by atoms with E-state index in [-0.39, 0.29) is 80.7 Å². The number of nitrogens with one attached hydrogen (secondary N) is 5. The Bertz CT molecular complexity index is 1710. The first-order chi connectivity index (χ1) is 25.9. The summed E-state index contributed by atoms with van der Waals surface area (Å²) in [6.07, 6.45) is -2.52. The molecule has 0 bridgehead atoms. The Hall–Kier alpha value is -1.11. The molecule has 2 rings (SSSR count). The number of allylic oxidation sites excluding steroid dienone is 1. The summed E-state index contributed by atoms with van der Waals surface area (Å²) in [5.74, 6) is -5.44. The first-order valence-electron chi connectivity index (χ1n) is 16.0. The number of anilines is 1. The quantitative estimate of drug-likeness (QED) is 0.0530. The molecule has 0 aromatic heterocycles. The molecule has 12 N–H and O–H groups in total. The van der Waals surface area contributed by atoms with Crippen molar-refractivity contribution in [1.82, 2.24) is 26.2 Å². The molecule has 0 saturated heterocycles. The lowest BCUT2D eigenvalue weighted by molar-refractivity contribution is -0.127. The molecule has 1 aliphatic carbocycles. The summed E-state index contributed by atoms with van der Waals surface area (Å²) < 4.78 is 0.118. The zero-order valence-corrected chi connectivity index (χ0v) is 39.6. The van der Waals surface area contributed by atoms with Gasteiger partial charge in [-0.15, -0.1) is 0 Å². The molecule has 4 unspecified atom stereocenters. The van der Waals surface area contributed by atoms with Crippen LogP contribution in [0.5, 0.6) is 0 Å². The minimum absolute atomic E-state index is 0.0114. The van der Waals surface area contributed by atoms with E-state index in [4.69, 9.17) is 5.11 Å². The number of aliphatic hydroxyl groups is 7. The van der Waals surface area contributed by atoms with Crippen molar-refractivity contribution < 1.29 is 64.5 Å². The van der Waals surface area contributed by atoms with Crippen LogP contribution in [0.3, 0.4) is 0 Å². The van der Waals surface area contributed by atoms with Gasteiger partial charge in [0.15, 0.2) is 0 Å². The Labute approximate surface area is 383 Å². The Balaban J connectivity index is 2.52. The van der Waals surface area contributed by atoms with E-state index in [2.05, 4.69) is 26.6 Å². The van der Waals surface area contributed by atoms with Crippen molar-refractivity contribution in [2.75, 3.05) is 71.1 Å². The minimum Gasteiger partial charge on any atom is -0.395 e. The average molecular weight is 1340 g/mol. The highest BCUT2D eigenvalue weighted by molar-refractivity contribution is 14.1. The molecule has 24 heteroatoms. The number of benzene rings is 1. The average Bonchev–Trinajstić information content (AvgIpc) is 3.15.